The minimum absolute atomic E-state index is 0. The van der Waals surface area contributed by atoms with E-state index in [-0.39, 0.29) is 29.1 Å². The number of benzene rings is 2. The van der Waals surface area contributed by atoms with Gasteiger partial charge in [-0.25, -0.2) is 8.42 Å². The van der Waals surface area contributed by atoms with Gasteiger partial charge in [0.25, 0.3) is 0 Å². The van der Waals surface area contributed by atoms with Crippen LogP contribution in [0, 0.1) is 0 Å². The topological polar surface area (TPSA) is 59.1 Å². The van der Waals surface area contributed by atoms with Crippen molar-refractivity contribution in [1.82, 2.24) is 9.21 Å². The predicted octanol–water partition coefficient (Wildman–Crippen LogP) is 3.65. The van der Waals surface area contributed by atoms with Crippen molar-refractivity contribution >= 4 is 45.6 Å². The summed E-state index contributed by atoms with van der Waals surface area (Å²) in [5.74, 6) is 1.51. The first kappa shape index (κ1) is 21.5. The number of ether oxygens (including phenoxy) is 2. The van der Waals surface area contributed by atoms with Crippen LogP contribution in [0.5, 0.6) is 11.5 Å². The fourth-order valence-electron chi connectivity index (χ4n) is 3.24. The molecule has 2 aliphatic rings. The van der Waals surface area contributed by atoms with Crippen LogP contribution in [0.1, 0.15) is 5.56 Å². The molecule has 6 nitrogen and oxygen atoms in total. The van der Waals surface area contributed by atoms with E-state index in [0.717, 1.165) is 23.6 Å². The van der Waals surface area contributed by atoms with Gasteiger partial charge in [0.2, 0.25) is 16.8 Å². The van der Waals surface area contributed by atoms with Gasteiger partial charge in [0.05, 0.1) is 5.02 Å². The Morgan fingerprint density at radius 3 is 2.39 bits per heavy atom. The Bertz CT molecular complexity index is 963. The molecule has 0 saturated carbocycles. The molecule has 2 heterocycles. The van der Waals surface area contributed by atoms with E-state index >= 15 is 0 Å². The molecule has 1 fully saturated rings. The number of halogens is 3. The van der Waals surface area contributed by atoms with Crippen molar-refractivity contribution in [2.75, 3.05) is 33.0 Å². The van der Waals surface area contributed by atoms with Gasteiger partial charge in [-0.1, -0.05) is 29.3 Å². The van der Waals surface area contributed by atoms with E-state index in [0.29, 0.717) is 31.2 Å². The number of nitrogens with zero attached hydrogens (tertiary/aromatic N) is 2. The lowest BCUT2D eigenvalue weighted by Gasteiger charge is -2.34. The Morgan fingerprint density at radius 1 is 0.929 bits per heavy atom. The summed E-state index contributed by atoms with van der Waals surface area (Å²) >= 11 is 12.0. The highest BCUT2D eigenvalue weighted by atomic mass is 35.5. The van der Waals surface area contributed by atoms with Gasteiger partial charge in [-0.2, -0.15) is 4.31 Å². The summed E-state index contributed by atoms with van der Waals surface area (Å²) < 4.78 is 38.0. The molecule has 0 atom stereocenters. The number of sulfonamides is 1. The van der Waals surface area contributed by atoms with Crippen molar-refractivity contribution in [3.63, 3.8) is 0 Å². The molecule has 152 valence electrons. The molecule has 0 spiro atoms. The molecule has 0 aromatic heterocycles. The highest BCUT2D eigenvalue weighted by Gasteiger charge is 2.30. The molecule has 2 aromatic carbocycles. The molecule has 0 N–H and O–H groups in total. The van der Waals surface area contributed by atoms with E-state index < -0.39 is 10.0 Å². The average molecular weight is 466 g/mol. The maximum Gasteiger partial charge on any atom is 0.244 e. The second kappa shape index (κ2) is 8.65. The van der Waals surface area contributed by atoms with Crippen molar-refractivity contribution < 1.29 is 17.9 Å². The SMILES string of the molecule is Cl.O=S(=O)(c1cc(Cl)ccc1Cl)N1CCN(Cc2ccc3c(c2)OCO3)CC1. The molecule has 10 heteroatoms. The summed E-state index contributed by atoms with van der Waals surface area (Å²) in [4.78, 5) is 2.27. The summed E-state index contributed by atoms with van der Waals surface area (Å²) in [7, 11) is -3.67. The molecule has 1 saturated heterocycles. The molecule has 0 bridgehead atoms. The van der Waals surface area contributed by atoms with Crippen LogP contribution in [0.3, 0.4) is 0 Å². The number of hydrogen-bond donors (Lipinski definition) is 0. The zero-order valence-corrected chi connectivity index (χ0v) is 18.0. The number of fused-ring (bicyclic) bond motifs is 1. The fourth-order valence-corrected chi connectivity index (χ4v) is 5.40. The third-order valence-electron chi connectivity index (χ3n) is 4.69. The molecule has 0 amide bonds. The Labute approximate surface area is 180 Å². The third kappa shape index (κ3) is 4.35. The van der Waals surface area contributed by atoms with Gasteiger partial charge in [0.15, 0.2) is 11.5 Å². The van der Waals surface area contributed by atoms with E-state index in [4.69, 9.17) is 32.7 Å². The van der Waals surface area contributed by atoms with Crippen LogP contribution in [-0.4, -0.2) is 50.6 Å². The number of hydrogen-bond acceptors (Lipinski definition) is 5. The van der Waals surface area contributed by atoms with Gasteiger partial charge >= 0.3 is 0 Å². The Kier molecular flexibility index (Phi) is 6.64. The van der Waals surface area contributed by atoms with Crippen LogP contribution in [0.4, 0.5) is 0 Å². The smallest absolute Gasteiger partial charge is 0.244 e. The summed E-state index contributed by atoms with van der Waals surface area (Å²) in [6.45, 7) is 3.03. The number of rotatable bonds is 4. The highest BCUT2D eigenvalue weighted by molar-refractivity contribution is 7.89. The first-order valence-corrected chi connectivity index (χ1v) is 10.7. The maximum absolute atomic E-state index is 12.9. The summed E-state index contributed by atoms with van der Waals surface area (Å²) in [6, 6.07) is 10.4. The Balaban J connectivity index is 0.00000225. The first-order chi connectivity index (χ1) is 12.9. The van der Waals surface area contributed by atoms with Gasteiger partial charge in [0, 0.05) is 37.7 Å². The van der Waals surface area contributed by atoms with E-state index in [1.165, 1.54) is 16.4 Å². The first-order valence-electron chi connectivity index (χ1n) is 8.49. The lowest BCUT2D eigenvalue weighted by atomic mass is 10.2. The van der Waals surface area contributed by atoms with Crippen molar-refractivity contribution in [2.24, 2.45) is 0 Å². The largest absolute Gasteiger partial charge is 0.454 e. The molecular formula is C18H19Cl3N2O4S. The van der Waals surface area contributed by atoms with Gasteiger partial charge < -0.3 is 9.47 Å². The van der Waals surface area contributed by atoms with Crippen LogP contribution in [0.2, 0.25) is 10.0 Å². The monoisotopic (exact) mass is 464 g/mol. The maximum atomic E-state index is 12.9. The molecular weight excluding hydrogens is 447 g/mol. The molecule has 2 aliphatic heterocycles. The summed E-state index contributed by atoms with van der Waals surface area (Å²) in [5, 5.41) is 0.529. The van der Waals surface area contributed by atoms with Gasteiger partial charge in [0.1, 0.15) is 4.90 Å². The predicted molar refractivity (Wildman–Crippen MR) is 110 cm³/mol. The van der Waals surface area contributed by atoms with Crippen molar-refractivity contribution in [3.8, 4) is 11.5 Å². The van der Waals surface area contributed by atoms with Crippen LogP contribution in [0.15, 0.2) is 41.3 Å². The van der Waals surface area contributed by atoms with Gasteiger partial charge in [-0.15, -0.1) is 12.4 Å². The third-order valence-corrected chi connectivity index (χ3v) is 7.30. The molecule has 4 rings (SSSR count). The average Bonchev–Trinajstić information content (AvgIpc) is 3.12. The lowest BCUT2D eigenvalue weighted by Crippen LogP contribution is -2.48. The van der Waals surface area contributed by atoms with Crippen LogP contribution >= 0.6 is 35.6 Å². The quantitative estimate of drug-likeness (QED) is 0.690. The zero-order chi connectivity index (χ0) is 19.0. The lowest BCUT2D eigenvalue weighted by molar-refractivity contribution is 0.173. The fraction of sp³-hybridized carbons (Fsp3) is 0.333. The Hall–Kier alpha value is -1.22. The standard InChI is InChI=1S/C18H18Cl2N2O4S.ClH/c19-14-2-3-15(20)18(10-14)27(23,24)22-7-5-21(6-8-22)11-13-1-4-16-17(9-13)26-12-25-16;/h1-4,9-10H,5-8,11-12H2;1H. The number of piperazine rings is 1. The summed E-state index contributed by atoms with van der Waals surface area (Å²) in [5.41, 5.74) is 1.11. The highest BCUT2D eigenvalue weighted by Crippen LogP contribution is 2.33. The van der Waals surface area contributed by atoms with E-state index in [2.05, 4.69) is 4.90 Å². The van der Waals surface area contributed by atoms with Crippen LogP contribution in [-0.2, 0) is 16.6 Å². The van der Waals surface area contributed by atoms with Gasteiger partial charge in [-0.05, 0) is 35.9 Å². The van der Waals surface area contributed by atoms with E-state index in [9.17, 15) is 8.42 Å². The second-order valence-corrected chi connectivity index (χ2v) is 9.19. The van der Waals surface area contributed by atoms with Crippen LogP contribution in [0.25, 0.3) is 0 Å². The molecule has 2 aromatic rings. The Morgan fingerprint density at radius 2 is 1.64 bits per heavy atom. The van der Waals surface area contributed by atoms with Crippen molar-refractivity contribution in [2.45, 2.75) is 11.4 Å². The second-order valence-electron chi connectivity index (χ2n) is 6.44. The molecule has 28 heavy (non-hydrogen) atoms. The van der Waals surface area contributed by atoms with Crippen molar-refractivity contribution in [1.29, 1.82) is 0 Å². The molecule has 0 unspecified atom stereocenters. The molecule has 0 radical (unpaired) electrons. The van der Waals surface area contributed by atoms with E-state index in [1.54, 1.807) is 6.07 Å². The normalized spacial score (nSPS) is 17.4. The van der Waals surface area contributed by atoms with E-state index in [1.807, 2.05) is 18.2 Å². The summed E-state index contributed by atoms with van der Waals surface area (Å²) in [6.07, 6.45) is 0. The molecule has 0 aliphatic carbocycles. The minimum atomic E-state index is -3.67. The minimum Gasteiger partial charge on any atom is -0.454 e. The van der Waals surface area contributed by atoms with Gasteiger partial charge in [-0.3, -0.25) is 4.90 Å². The van der Waals surface area contributed by atoms with Crippen LogP contribution < -0.4 is 9.47 Å². The zero-order valence-electron chi connectivity index (χ0n) is 14.8. The van der Waals surface area contributed by atoms with Crippen molar-refractivity contribution in [3.05, 3.63) is 52.0 Å².